The molecule has 3 aromatic heterocycles. The van der Waals surface area contributed by atoms with E-state index in [0.717, 1.165) is 33.1 Å². The molecule has 9 rings (SSSR count). The summed E-state index contributed by atoms with van der Waals surface area (Å²) in [6.07, 6.45) is 2.09. The molecule has 0 saturated carbocycles. The molecule has 6 aromatic carbocycles. The van der Waals surface area contributed by atoms with Gasteiger partial charge in [0.25, 0.3) is 0 Å². The van der Waals surface area contributed by atoms with Gasteiger partial charge in [0.05, 0.1) is 17.1 Å². The number of aryl methyl sites for hydroxylation is 3. The highest BCUT2D eigenvalue weighted by Crippen LogP contribution is 2.38. The average Bonchev–Trinajstić information content (AvgIpc) is 4.30. The molecule has 0 fully saturated rings. The molecule has 0 bridgehead atoms. The number of ether oxygens (including phenoxy) is 3. The van der Waals surface area contributed by atoms with E-state index in [1.807, 2.05) is 75.8 Å². The van der Waals surface area contributed by atoms with Crippen LogP contribution in [0.15, 0.2) is 178 Å². The van der Waals surface area contributed by atoms with E-state index in [9.17, 15) is 29.7 Å². The van der Waals surface area contributed by atoms with Gasteiger partial charge in [-0.1, -0.05) is 141 Å². The molecule has 9 aromatic rings. The molecule has 3 N–H and O–H groups in total. The quantitative estimate of drug-likeness (QED) is 0.0737. The van der Waals surface area contributed by atoms with Crippen LogP contribution in [0, 0.1) is 0 Å². The predicted octanol–water partition coefficient (Wildman–Crippen LogP) is 17.5. The van der Waals surface area contributed by atoms with Crippen LogP contribution >= 0.6 is 82.6 Å². The second-order valence-corrected chi connectivity index (χ2v) is 20.8. The second kappa shape index (κ2) is 31.3. The lowest BCUT2D eigenvalue weighted by Gasteiger charge is -2.18. The maximum atomic E-state index is 11.8. The highest BCUT2D eigenvalue weighted by molar-refractivity contribution is 9.11. The molecule has 3 atom stereocenters. The molecule has 21 heteroatoms. The van der Waals surface area contributed by atoms with Gasteiger partial charge in [-0.2, -0.15) is 15.3 Å². The first-order chi connectivity index (χ1) is 37.4. The van der Waals surface area contributed by atoms with Crippen molar-refractivity contribution in [3.05, 3.63) is 209 Å². The van der Waals surface area contributed by atoms with Gasteiger partial charge in [-0.15, -0.1) is 0 Å². The fourth-order valence-electron chi connectivity index (χ4n) is 7.63. The Labute approximate surface area is 511 Å². The third-order valence-electron chi connectivity index (χ3n) is 11.4. The molecule has 0 aliphatic rings. The van der Waals surface area contributed by atoms with E-state index in [1.54, 1.807) is 123 Å². The first-order valence-corrected chi connectivity index (χ1v) is 27.4. The minimum atomic E-state index is -1.15. The molecule has 3 unspecified atom stereocenters. The van der Waals surface area contributed by atoms with Crippen molar-refractivity contribution in [3.63, 3.8) is 0 Å². The minimum Gasteiger partial charge on any atom is -0.478 e. The van der Waals surface area contributed by atoms with E-state index < -0.39 is 36.2 Å². The van der Waals surface area contributed by atoms with Gasteiger partial charge in [0.1, 0.15) is 17.2 Å². The van der Waals surface area contributed by atoms with Crippen molar-refractivity contribution in [3.8, 4) is 51.0 Å². The van der Waals surface area contributed by atoms with Crippen LogP contribution in [0.25, 0.3) is 33.8 Å². The molecule has 0 aliphatic heterocycles. The van der Waals surface area contributed by atoms with Crippen LogP contribution < -0.4 is 14.2 Å². The zero-order valence-corrected chi connectivity index (χ0v) is 48.7. The van der Waals surface area contributed by atoms with E-state index in [1.165, 1.54) is 0 Å². The first-order valence-electron chi connectivity index (χ1n) is 23.9. The third kappa shape index (κ3) is 18.0. The number of carboxylic acids is 3. The standard InChI is InChI=1S/3C19H16BrClN2O3.3CH4/c3*1-2-23-9-8-16(22-23)15-11-14(21)6-7-17(15)26-18(19(24)25)12-4-3-5-13(20)10-12;;;/h3*3-11,18H,2H2,1H3,(H,24,25);3*1H4. The molecule has 3 heterocycles. The fourth-order valence-corrected chi connectivity index (χ4v) is 9.40. The van der Waals surface area contributed by atoms with Crippen LogP contribution in [0.5, 0.6) is 17.2 Å². The summed E-state index contributed by atoms with van der Waals surface area (Å²) in [6.45, 7) is 8.14. The molecule has 15 nitrogen and oxygen atoms in total. The summed E-state index contributed by atoms with van der Waals surface area (Å²) >= 11 is 28.5. The summed E-state index contributed by atoms with van der Waals surface area (Å²) in [6, 6.07) is 41.8. The van der Waals surface area contributed by atoms with Gasteiger partial charge in [-0.3, -0.25) is 14.0 Å². The fraction of sp³-hybridized carbons (Fsp3) is 0.200. The van der Waals surface area contributed by atoms with Crippen molar-refractivity contribution in [1.29, 1.82) is 0 Å². The van der Waals surface area contributed by atoms with Crippen LogP contribution in [0.1, 0.15) is 78.1 Å². The van der Waals surface area contributed by atoms with Gasteiger partial charge in [-0.05, 0) is 130 Å². The number of aromatic nitrogens is 6. The zero-order valence-electron chi connectivity index (χ0n) is 41.7. The Balaban J connectivity index is 0.000000257. The monoisotopic (exact) mass is 1350 g/mol. The molecule has 0 saturated heterocycles. The van der Waals surface area contributed by atoms with Gasteiger partial charge in [-0.25, -0.2) is 14.4 Å². The Hall–Kier alpha value is -6.93. The highest BCUT2D eigenvalue weighted by Gasteiger charge is 2.27. The van der Waals surface area contributed by atoms with Gasteiger partial charge >= 0.3 is 17.9 Å². The van der Waals surface area contributed by atoms with Crippen molar-refractivity contribution in [1.82, 2.24) is 29.3 Å². The van der Waals surface area contributed by atoms with Gasteiger partial charge in [0.15, 0.2) is 0 Å². The lowest BCUT2D eigenvalue weighted by Crippen LogP contribution is -2.18. The number of aliphatic carboxylic acids is 3. The second-order valence-electron chi connectivity index (χ2n) is 16.8. The summed E-state index contributed by atoms with van der Waals surface area (Å²) in [5.41, 5.74) is 5.54. The molecule has 81 heavy (non-hydrogen) atoms. The van der Waals surface area contributed by atoms with Crippen LogP contribution in [0.4, 0.5) is 0 Å². The SMILES string of the molecule is C.C.C.CCn1ccc(-c2cc(Cl)ccc2OC(C(=O)O)c2cccc(Br)c2)n1.CCn1ccc(-c2cc(Cl)ccc2OC(C(=O)O)c2cccc(Br)c2)n1.CCn1ccc(-c2cc(Cl)ccc2OC(C(=O)O)c2cccc(Br)c2)n1. The van der Waals surface area contributed by atoms with Crippen LogP contribution in [-0.4, -0.2) is 62.6 Å². The minimum absolute atomic E-state index is 0. The molecule has 426 valence electrons. The summed E-state index contributed by atoms with van der Waals surface area (Å²) in [7, 11) is 0. The number of halogens is 6. The van der Waals surface area contributed by atoms with E-state index in [0.29, 0.717) is 82.8 Å². The Kier molecular flexibility index (Phi) is 25.7. The number of carboxylic acid groups (broad SMARTS) is 3. The van der Waals surface area contributed by atoms with Crippen molar-refractivity contribution in [2.24, 2.45) is 0 Å². The maximum absolute atomic E-state index is 11.8. The highest BCUT2D eigenvalue weighted by atomic mass is 79.9. The summed E-state index contributed by atoms with van der Waals surface area (Å²) in [5, 5.41) is 43.9. The van der Waals surface area contributed by atoms with Crippen molar-refractivity contribution in [2.75, 3.05) is 0 Å². The summed E-state index contributed by atoms with van der Waals surface area (Å²) in [5.74, 6) is -2.02. The lowest BCUT2D eigenvalue weighted by molar-refractivity contribution is -0.146. The smallest absolute Gasteiger partial charge is 0.349 e. The Morgan fingerprint density at radius 3 is 0.901 bits per heavy atom. The number of carbonyl (C=O) groups is 3. The van der Waals surface area contributed by atoms with Crippen LogP contribution in [-0.2, 0) is 34.0 Å². The first kappa shape index (κ1) is 66.6. The van der Waals surface area contributed by atoms with Crippen molar-refractivity contribution < 1.29 is 43.9 Å². The normalized spacial score (nSPS) is 11.5. The largest absolute Gasteiger partial charge is 0.478 e. The number of rotatable bonds is 18. The Morgan fingerprint density at radius 2 is 0.691 bits per heavy atom. The number of hydrogen-bond donors (Lipinski definition) is 3. The van der Waals surface area contributed by atoms with Crippen LogP contribution in [0.3, 0.4) is 0 Å². The molecule has 0 aliphatic carbocycles. The van der Waals surface area contributed by atoms with Gasteiger partial charge < -0.3 is 29.5 Å². The summed E-state index contributed by atoms with van der Waals surface area (Å²) < 4.78 is 25.3. The third-order valence-corrected chi connectivity index (χ3v) is 13.6. The lowest BCUT2D eigenvalue weighted by atomic mass is 10.1. The van der Waals surface area contributed by atoms with Crippen molar-refractivity contribution in [2.45, 2.75) is 81.0 Å². The van der Waals surface area contributed by atoms with Gasteiger partial charge in [0, 0.05) is 100 Å². The van der Waals surface area contributed by atoms with Crippen molar-refractivity contribution >= 4 is 101 Å². The number of nitrogens with zero attached hydrogens (tertiary/aromatic N) is 6. The zero-order chi connectivity index (χ0) is 56.0. The van der Waals surface area contributed by atoms with E-state index >= 15 is 0 Å². The maximum Gasteiger partial charge on any atom is 0.349 e. The Morgan fingerprint density at radius 1 is 0.432 bits per heavy atom. The molecule has 0 spiro atoms. The molecule has 0 radical (unpaired) electrons. The van der Waals surface area contributed by atoms with E-state index in [-0.39, 0.29) is 22.3 Å². The number of benzene rings is 6. The van der Waals surface area contributed by atoms with Gasteiger partial charge in [0.2, 0.25) is 18.3 Å². The van der Waals surface area contributed by atoms with E-state index in [2.05, 4.69) is 63.1 Å². The topological polar surface area (TPSA) is 193 Å². The summed E-state index contributed by atoms with van der Waals surface area (Å²) in [4.78, 5) is 35.4. The number of hydrogen-bond acceptors (Lipinski definition) is 9. The molecular formula is C60H60Br3Cl3N6O9. The molecule has 0 amide bonds. The predicted molar refractivity (Wildman–Crippen MR) is 331 cm³/mol. The van der Waals surface area contributed by atoms with Crippen LogP contribution in [0.2, 0.25) is 15.1 Å². The van der Waals surface area contributed by atoms with E-state index in [4.69, 9.17) is 49.0 Å². The average molecular weight is 1360 g/mol. The molecular weight excluding hydrogens is 1290 g/mol. The Bertz CT molecular complexity index is 3190.